The van der Waals surface area contributed by atoms with Crippen LogP contribution in [0.3, 0.4) is 0 Å². The summed E-state index contributed by atoms with van der Waals surface area (Å²) in [7, 11) is 2.91. The van der Waals surface area contributed by atoms with E-state index in [1.165, 1.54) is 26.4 Å². The number of hydrogen-bond donors (Lipinski definition) is 2. The highest BCUT2D eigenvalue weighted by atomic mass is 16.5. The van der Waals surface area contributed by atoms with Crippen molar-refractivity contribution in [1.82, 2.24) is 0 Å². The van der Waals surface area contributed by atoms with Gasteiger partial charge in [0, 0.05) is 6.08 Å². The van der Waals surface area contributed by atoms with E-state index < -0.39 is 5.91 Å². The van der Waals surface area contributed by atoms with Gasteiger partial charge in [-0.2, -0.15) is 0 Å². The van der Waals surface area contributed by atoms with Crippen LogP contribution in [0.15, 0.2) is 30.4 Å². The number of methoxy groups -OCH3 is 2. The molecule has 0 atom stereocenters. The average molecular weight is 249 g/mol. The first kappa shape index (κ1) is 13.6. The lowest BCUT2D eigenvalue weighted by molar-refractivity contribution is -0.113. The van der Waals surface area contributed by atoms with E-state index in [0.717, 1.165) is 5.56 Å². The predicted molar refractivity (Wildman–Crippen MR) is 68.6 cm³/mol. The number of hydrogen-bond acceptors (Lipinski definition) is 4. The van der Waals surface area contributed by atoms with Gasteiger partial charge in [-0.05, 0) is 17.7 Å². The van der Waals surface area contributed by atoms with Crippen LogP contribution in [0.1, 0.15) is 5.56 Å². The summed E-state index contributed by atoms with van der Waals surface area (Å²) >= 11 is 0. The molecule has 0 saturated carbocycles. The second-order valence-corrected chi connectivity index (χ2v) is 3.39. The van der Waals surface area contributed by atoms with Gasteiger partial charge in [-0.3, -0.25) is 4.79 Å². The normalized spacial score (nSPS) is 11.0. The van der Waals surface area contributed by atoms with Crippen molar-refractivity contribution >= 4 is 12.0 Å². The molecule has 18 heavy (non-hydrogen) atoms. The van der Waals surface area contributed by atoms with Gasteiger partial charge in [0.25, 0.3) is 0 Å². The molecule has 0 aliphatic rings. The number of rotatable bonds is 5. The standard InChI is InChI=1S/C13H15NO4/c1-17-10-7-9(5-3-4-6-12(14)15)8-11(18-2)13(10)16/h3-8,16H,1-2H3,(H2,14,15)/b5-3+,6-4-. The van der Waals surface area contributed by atoms with Crippen LogP contribution in [0, 0.1) is 0 Å². The molecule has 1 amide bonds. The van der Waals surface area contributed by atoms with Gasteiger partial charge in [-0.15, -0.1) is 0 Å². The molecule has 96 valence electrons. The van der Waals surface area contributed by atoms with Crippen LogP contribution in [0.5, 0.6) is 17.2 Å². The molecule has 0 aromatic heterocycles. The smallest absolute Gasteiger partial charge is 0.241 e. The van der Waals surface area contributed by atoms with Gasteiger partial charge in [0.05, 0.1) is 14.2 Å². The zero-order valence-corrected chi connectivity index (χ0v) is 10.2. The number of primary amides is 1. The SMILES string of the molecule is COc1cc(/C=C/C=C\C(N)=O)cc(OC)c1O. The number of carbonyl (C=O) groups is 1. The van der Waals surface area contributed by atoms with E-state index in [-0.39, 0.29) is 5.75 Å². The van der Waals surface area contributed by atoms with E-state index in [0.29, 0.717) is 11.5 Å². The van der Waals surface area contributed by atoms with Gasteiger partial charge in [-0.25, -0.2) is 0 Å². The minimum atomic E-state index is -0.513. The summed E-state index contributed by atoms with van der Waals surface area (Å²) in [6.07, 6.45) is 6.14. The quantitative estimate of drug-likeness (QED) is 0.611. The van der Waals surface area contributed by atoms with E-state index in [1.807, 2.05) is 0 Å². The molecule has 1 aromatic carbocycles. The molecule has 5 heteroatoms. The maximum Gasteiger partial charge on any atom is 0.241 e. The highest BCUT2D eigenvalue weighted by Crippen LogP contribution is 2.37. The number of allylic oxidation sites excluding steroid dienone is 2. The molecule has 0 aliphatic carbocycles. The largest absolute Gasteiger partial charge is 0.502 e. The summed E-state index contributed by atoms with van der Waals surface area (Å²) in [6.45, 7) is 0. The van der Waals surface area contributed by atoms with E-state index in [4.69, 9.17) is 15.2 Å². The molecule has 0 saturated heterocycles. The summed E-state index contributed by atoms with van der Waals surface area (Å²) < 4.78 is 10.0. The third-order valence-corrected chi connectivity index (χ3v) is 2.16. The number of benzene rings is 1. The molecular formula is C13H15NO4. The first-order chi connectivity index (χ1) is 8.58. The molecule has 0 unspecified atom stereocenters. The van der Waals surface area contributed by atoms with Crippen LogP contribution < -0.4 is 15.2 Å². The summed E-state index contributed by atoms with van der Waals surface area (Å²) in [5.74, 6) is 0.0612. The van der Waals surface area contributed by atoms with Crippen LogP contribution in [0.25, 0.3) is 6.08 Å². The number of nitrogens with two attached hydrogens (primary N) is 1. The Bertz CT molecular complexity index is 467. The van der Waals surface area contributed by atoms with Gasteiger partial charge in [-0.1, -0.05) is 18.2 Å². The zero-order chi connectivity index (χ0) is 13.5. The van der Waals surface area contributed by atoms with Crippen molar-refractivity contribution in [3.8, 4) is 17.2 Å². The lowest BCUT2D eigenvalue weighted by Gasteiger charge is -2.09. The Morgan fingerprint density at radius 1 is 1.22 bits per heavy atom. The molecule has 0 bridgehead atoms. The first-order valence-electron chi connectivity index (χ1n) is 5.17. The van der Waals surface area contributed by atoms with Crippen LogP contribution in [0.2, 0.25) is 0 Å². The van der Waals surface area contributed by atoms with Gasteiger partial charge < -0.3 is 20.3 Å². The summed E-state index contributed by atoms with van der Waals surface area (Å²) in [5.41, 5.74) is 5.71. The van der Waals surface area contributed by atoms with Crippen LogP contribution in [-0.2, 0) is 4.79 Å². The number of phenolic OH excluding ortho intramolecular Hbond substituents is 1. The Labute approximate surface area is 105 Å². The van der Waals surface area contributed by atoms with Crippen LogP contribution in [-0.4, -0.2) is 25.2 Å². The van der Waals surface area contributed by atoms with E-state index in [9.17, 15) is 9.90 Å². The fraction of sp³-hybridized carbons (Fsp3) is 0.154. The Hall–Kier alpha value is -2.43. The number of phenols is 1. The Kier molecular flexibility index (Phi) is 4.80. The molecule has 5 nitrogen and oxygen atoms in total. The molecule has 0 radical (unpaired) electrons. The monoisotopic (exact) mass is 249 g/mol. The fourth-order valence-corrected chi connectivity index (χ4v) is 1.33. The van der Waals surface area contributed by atoms with E-state index in [1.54, 1.807) is 24.3 Å². The number of amides is 1. The van der Waals surface area contributed by atoms with Gasteiger partial charge in [0.1, 0.15) is 0 Å². The summed E-state index contributed by atoms with van der Waals surface area (Å²) in [6, 6.07) is 3.29. The molecule has 0 spiro atoms. The van der Waals surface area contributed by atoms with Crippen molar-refractivity contribution in [3.63, 3.8) is 0 Å². The maximum atomic E-state index is 10.5. The van der Waals surface area contributed by atoms with Crippen LogP contribution in [0.4, 0.5) is 0 Å². The van der Waals surface area contributed by atoms with Crippen molar-refractivity contribution in [1.29, 1.82) is 0 Å². The highest BCUT2D eigenvalue weighted by molar-refractivity contribution is 5.86. The Morgan fingerprint density at radius 3 is 2.22 bits per heavy atom. The second-order valence-electron chi connectivity index (χ2n) is 3.39. The molecular weight excluding hydrogens is 234 g/mol. The van der Waals surface area contributed by atoms with Crippen molar-refractivity contribution in [2.24, 2.45) is 5.73 Å². The number of ether oxygens (including phenoxy) is 2. The van der Waals surface area contributed by atoms with Crippen molar-refractivity contribution < 1.29 is 19.4 Å². The number of aromatic hydroxyl groups is 1. The van der Waals surface area contributed by atoms with Gasteiger partial charge in [0.15, 0.2) is 11.5 Å². The summed E-state index contributed by atoms with van der Waals surface area (Å²) in [5, 5.41) is 9.71. The third kappa shape index (κ3) is 3.55. The van der Waals surface area contributed by atoms with E-state index >= 15 is 0 Å². The third-order valence-electron chi connectivity index (χ3n) is 2.16. The fourth-order valence-electron chi connectivity index (χ4n) is 1.33. The van der Waals surface area contributed by atoms with E-state index in [2.05, 4.69) is 0 Å². The molecule has 0 heterocycles. The van der Waals surface area contributed by atoms with Crippen molar-refractivity contribution in [2.75, 3.05) is 14.2 Å². The average Bonchev–Trinajstić information content (AvgIpc) is 2.35. The molecule has 0 fully saturated rings. The molecule has 0 aliphatic heterocycles. The molecule has 1 aromatic rings. The minimum Gasteiger partial charge on any atom is -0.502 e. The van der Waals surface area contributed by atoms with Crippen molar-refractivity contribution in [3.05, 3.63) is 35.9 Å². The predicted octanol–water partition coefficient (Wildman–Crippen LogP) is 1.46. The Morgan fingerprint density at radius 2 is 1.78 bits per heavy atom. The van der Waals surface area contributed by atoms with Crippen LogP contribution >= 0.6 is 0 Å². The summed E-state index contributed by atoms with van der Waals surface area (Å²) in [4.78, 5) is 10.5. The molecule has 1 rings (SSSR count). The van der Waals surface area contributed by atoms with Gasteiger partial charge in [0.2, 0.25) is 11.7 Å². The number of carbonyl (C=O) groups excluding carboxylic acids is 1. The zero-order valence-electron chi connectivity index (χ0n) is 10.2. The lowest BCUT2D eigenvalue weighted by Crippen LogP contribution is -2.04. The maximum absolute atomic E-state index is 10.5. The minimum absolute atomic E-state index is 0.0511. The lowest BCUT2D eigenvalue weighted by atomic mass is 10.1. The first-order valence-corrected chi connectivity index (χ1v) is 5.17. The second kappa shape index (κ2) is 6.34. The molecule has 3 N–H and O–H groups in total. The topological polar surface area (TPSA) is 81.8 Å². The van der Waals surface area contributed by atoms with Gasteiger partial charge >= 0.3 is 0 Å². The highest BCUT2D eigenvalue weighted by Gasteiger charge is 2.09. The Balaban J connectivity index is 2.99. The van der Waals surface area contributed by atoms with Crippen molar-refractivity contribution in [2.45, 2.75) is 0 Å².